The van der Waals surface area contributed by atoms with Crippen LogP contribution in [0, 0.1) is 5.92 Å². The lowest BCUT2D eigenvalue weighted by Crippen LogP contribution is -2.41. The average molecular weight is 292 g/mol. The zero-order valence-electron chi connectivity index (χ0n) is 12.6. The van der Waals surface area contributed by atoms with Gasteiger partial charge in [0.25, 0.3) is 0 Å². The third kappa shape index (κ3) is 3.23. The van der Waals surface area contributed by atoms with Crippen LogP contribution in [0.3, 0.4) is 0 Å². The molecule has 3 rings (SSSR count). The highest BCUT2D eigenvalue weighted by Gasteiger charge is 2.42. The van der Waals surface area contributed by atoms with Crippen LogP contribution in [0.1, 0.15) is 37.9 Å². The van der Waals surface area contributed by atoms with Gasteiger partial charge in [0.05, 0.1) is 24.9 Å². The van der Waals surface area contributed by atoms with Gasteiger partial charge in [-0.2, -0.15) is 0 Å². The smallest absolute Gasteiger partial charge is 0.119 e. The van der Waals surface area contributed by atoms with Crippen molar-refractivity contribution in [2.24, 2.45) is 5.92 Å². The summed E-state index contributed by atoms with van der Waals surface area (Å²) >= 11 is 0. The van der Waals surface area contributed by atoms with Crippen LogP contribution in [-0.4, -0.2) is 37.1 Å². The molecule has 3 unspecified atom stereocenters. The third-order valence-corrected chi connectivity index (χ3v) is 4.56. The highest BCUT2D eigenvalue weighted by Crippen LogP contribution is 2.41. The van der Waals surface area contributed by atoms with Gasteiger partial charge in [0, 0.05) is 19.6 Å². The van der Waals surface area contributed by atoms with Crippen molar-refractivity contribution in [1.29, 1.82) is 0 Å². The van der Waals surface area contributed by atoms with Crippen molar-refractivity contribution in [3.8, 4) is 5.75 Å². The van der Waals surface area contributed by atoms with E-state index in [4.69, 9.17) is 14.2 Å². The van der Waals surface area contributed by atoms with Crippen LogP contribution >= 0.6 is 0 Å². The first-order valence-corrected chi connectivity index (χ1v) is 7.85. The molecule has 1 aromatic rings. The van der Waals surface area contributed by atoms with Crippen LogP contribution in [0.2, 0.25) is 0 Å². The van der Waals surface area contributed by atoms with Gasteiger partial charge in [-0.3, -0.25) is 0 Å². The van der Waals surface area contributed by atoms with Gasteiger partial charge in [-0.15, -0.1) is 0 Å². The second-order valence-electron chi connectivity index (χ2n) is 6.04. The Morgan fingerprint density at radius 3 is 3.10 bits per heavy atom. The molecular weight excluding hydrogens is 268 g/mol. The largest absolute Gasteiger partial charge is 0.494 e. The number of ether oxygens (including phenoxy) is 3. The van der Waals surface area contributed by atoms with E-state index in [0.29, 0.717) is 19.8 Å². The highest BCUT2D eigenvalue weighted by molar-refractivity contribution is 5.30. The summed E-state index contributed by atoms with van der Waals surface area (Å²) in [6.07, 6.45) is 2.23. The first-order valence-electron chi connectivity index (χ1n) is 7.85. The van der Waals surface area contributed by atoms with Gasteiger partial charge in [-0.05, 0) is 43.4 Å². The molecule has 0 saturated carbocycles. The summed E-state index contributed by atoms with van der Waals surface area (Å²) in [7, 11) is 0. The Kier molecular flexibility index (Phi) is 4.48. The van der Waals surface area contributed by atoms with Crippen LogP contribution in [0.4, 0.5) is 0 Å². The van der Waals surface area contributed by atoms with E-state index in [1.54, 1.807) is 0 Å². The molecule has 0 aromatic heterocycles. The van der Waals surface area contributed by atoms with E-state index in [2.05, 4.69) is 0 Å². The predicted octanol–water partition coefficient (Wildman–Crippen LogP) is 2.70. The lowest BCUT2D eigenvalue weighted by molar-refractivity contribution is -0.117. The van der Waals surface area contributed by atoms with Crippen LogP contribution in [0.5, 0.6) is 5.75 Å². The number of aliphatic hydroxyl groups is 1. The van der Waals surface area contributed by atoms with Crippen molar-refractivity contribution >= 4 is 0 Å². The fourth-order valence-corrected chi connectivity index (χ4v) is 3.43. The van der Waals surface area contributed by atoms with Crippen LogP contribution < -0.4 is 4.74 Å². The van der Waals surface area contributed by atoms with Crippen LogP contribution in [-0.2, 0) is 9.47 Å². The summed E-state index contributed by atoms with van der Waals surface area (Å²) in [6.45, 7) is 4.73. The van der Waals surface area contributed by atoms with E-state index >= 15 is 0 Å². The molecule has 2 fully saturated rings. The minimum atomic E-state index is -0.466. The van der Waals surface area contributed by atoms with Gasteiger partial charge in [0.15, 0.2) is 0 Å². The third-order valence-electron chi connectivity index (χ3n) is 4.56. The van der Waals surface area contributed by atoms with Gasteiger partial charge < -0.3 is 19.3 Å². The Labute approximate surface area is 126 Å². The van der Waals surface area contributed by atoms with Crippen molar-refractivity contribution in [3.05, 3.63) is 29.8 Å². The molecule has 2 saturated heterocycles. The van der Waals surface area contributed by atoms with Crippen molar-refractivity contribution in [3.63, 3.8) is 0 Å². The zero-order valence-corrected chi connectivity index (χ0v) is 12.6. The minimum absolute atomic E-state index is 0.165. The van der Waals surface area contributed by atoms with Crippen molar-refractivity contribution in [2.75, 3.05) is 26.4 Å². The molecule has 2 aliphatic rings. The molecule has 21 heavy (non-hydrogen) atoms. The summed E-state index contributed by atoms with van der Waals surface area (Å²) in [5, 5.41) is 10.7. The normalized spacial score (nSPS) is 30.5. The summed E-state index contributed by atoms with van der Waals surface area (Å²) in [5.74, 6) is 1.04. The standard InChI is InChI=1S/C17H24O4/c1-2-20-15-5-3-4-13(10-15)16(18)14-6-8-21-17(11-14)7-9-19-12-17/h3-5,10,14,16,18H,2,6-9,11-12H2,1H3. The van der Waals surface area contributed by atoms with E-state index in [1.165, 1.54) is 0 Å². The molecular formula is C17H24O4. The molecule has 2 heterocycles. The molecule has 0 aliphatic carbocycles. The maximum absolute atomic E-state index is 10.7. The Bertz CT molecular complexity index is 468. The van der Waals surface area contributed by atoms with Gasteiger partial charge in [-0.25, -0.2) is 0 Å². The second-order valence-corrected chi connectivity index (χ2v) is 6.04. The number of hydrogen-bond acceptors (Lipinski definition) is 4. The monoisotopic (exact) mass is 292 g/mol. The highest BCUT2D eigenvalue weighted by atomic mass is 16.6. The minimum Gasteiger partial charge on any atom is -0.494 e. The fraction of sp³-hybridized carbons (Fsp3) is 0.647. The van der Waals surface area contributed by atoms with Crippen molar-refractivity contribution in [2.45, 2.75) is 37.9 Å². The quantitative estimate of drug-likeness (QED) is 0.927. The summed E-state index contributed by atoms with van der Waals surface area (Å²) in [4.78, 5) is 0. The number of hydrogen-bond donors (Lipinski definition) is 1. The van der Waals surface area contributed by atoms with E-state index in [9.17, 15) is 5.11 Å². The Morgan fingerprint density at radius 2 is 2.33 bits per heavy atom. The molecule has 0 bridgehead atoms. The number of aliphatic hydroxyl groups excluding tert-OH is 1. The average Bonchev–Trinajstić information content (AvgIpc) is 2.95. The van der Waals surface area contributed by atoms with E-state index in [1.807, 2.05) is 31.2 Å². The summed E-state index contributed by atoms with van der Waals surface area (Å²) in [6, 6.07) is 7.79. The summed E-state index contributed by atoms with van der Waals surface area (Å²) < 4.78 is 17.0. The first-order chi connectivity index (χ1) is 10.2. The van der Waals surface area contributed by atoms with Crippen LogP contribution in [0.15, 0.2) is 24.3 Å². The Morgan fingerprint density at radius 1 is 1.43 bits per heavy atom. The molecule has 2 aliphatic heterocycles. The predicted molar refractivity (Wildman–Crippen MR) is 79.4 cm³/mol. The second kappa shape index (κ2) is 6.34. The van der Waals surface area contributed by atoms with Gasteiger partial charge >= 0.3 is 0 Å². The van der Waals surface area contributed by atoms with Crippen molar-refractivity contribution < 1.29 is 19.3 Å². The number of benzene rings is 1. The molecule has 4 nitrogen and oxygen atoms in total. The Hall–Kier alpha value is -1.10. The zero-order chi connectivity index (χ0) is 14.7. The molecule has 1 aromatic carbocycles. The first kappa shape index (κ1) is 14.8. The molecule has 1 spiro atoms. The topological polar surface area (TPSA) is 47.9 Å². The molecule has 116 valence electrons. The van der Waals surface area contributed by atoms with E-state index in [0.717, 1.165) is 37.2 Å². The van der Waals surface area contributed by atoms with Gasteiger partial charge in [0.2, 0.25) is 0 Å². The van der Waals surface area contributed by atoms with E-state index in [-0.39, 0.29) is 11.5 Å². The molecule has 1 N–H and O–H groups in total. The van der Waals surface area contributed by atoms with Crippen LogP contribution in [0.25, 0.3) is 0 Å². The molecule has 3 atom stereocenters. The Balaban J connectivity index is 1.72. The lowest BCUT2D eigenvalue weighted by atomic mass is 9.80. The maximum Gasteiger partial charge on any atom is 0.119 e. The van der Waals surface area contributed by atoms with Gasteiger partial charge in [-0.1, -0.05) is 12.1 Å². The fourth-order valence-electron chi connectivity index (χ4n) is 3.43. The van der Waals surface area contributed by atoms with Gasteiger partial charge in [0.1, 0.15) is 5.75 Å². The maximum atomic E-state index is 10.7. The molecule has 4 heteroatoms. The molecule has 0 radical (unpaired) electrons. The van der Waals surface area contributed by atoms with E-state index < -0.39 is 6.10 Å². The lowest BCUT2D eigenvalue weighted by Gasteiger charge is -2.39. The summed E-state index contributed by atoms with van der Waals surface area (Å²) in [5.41, 5.74) is 0.767. The number of rotatable bonds is 4. The molecule has 0 amide bonds. The SMILES string of the molecule is CCOc1cccc(C(O)C2CCOC3(CCOC3)C2)c1. The van der Waals surface area contributed by atoms with Crippen molar-refractivity contribution in [1.82, 2.24) is 0 Å².